The molecule has 0 saturated heterocycles. The zero-order valence-electron chi connectivity index (χ0n) is 19.4. The van der Waals surface area contributed by atoms with Crippen molar-refractivity contribution in [2.45, 2.75) is 31.5 Å². The highest BCUT2D eigenvalue weighted by Gasteiger charge is 2.54. The fourth-order valence-electron chi connectivity index (χ4n) is 3.34. The van der Waals surface area contributed by atoms with Crippen LogP contribution in [-0.2, 0) is 24.0 Å². The number of hydrogen-bond donors (Lipinski definition) is 3. The van der Waals surface area contributed by atoms with E-state index >= 15 is 0 Å². The number of guanidine groups is 1. The van der Waals surface area contributed by atoms with Crippen molar-refractivity contribution in [2.24, 2.45) is 21.6 Å². The van der Waals surface area contributed by atoms with Gasteiger partial charge < -0.3 is 30.9 Å². The number of aliphatic imine (C=N–C) groups is 1. The molecule has 0 radical (unpaired) electrons. The molecule has 1 aliphatic heterocycles. The predicted molar refractivity (Wildman–Crippen MR) is 122 cm³/mol. The van der Waals surface area contributed by atoms with Gasteiger partial charge in [-0.25, -0.2) is 19.4 Å². The summed E-state index contributed by atoms with van der Waals surface area (Å²) in [6, 6.07) is 10.1. The molecule has 2 aromatic rings. The van der Waals surface area contributed by atoms with Gasteiger partial charge in [-0.3, -0.25) is 4.79 Å². The van der Waals surface area contributed by atoms with Crippen LogP contribution in [0, 0.1) is 6.92 Å². The number of carboxylic acid groups (broad SMARTS) is 1. The maximum atomic E-state index is 12.5. The van der Waals surface area contributed by atoms with Crippen LogP contribution in [0.3, 0.4) is 0 Å². The predicted octanol–water partition coefficient (Wildman–Crippen LogP) is 2.09. The lowest BCUT2D eigenvalue weighted by molar-refractivity contribution is -0.209. The summed E-state index contributed by atoms with van der Waals surface area (Å²) in [5.74, 6) is -7.22. The third-order valence-corrected chi connectivity index (χ3v) is 5.10. The fraction of sp³-hybridized carbons (Fsp3) is 0.217. The molecule has 0 saturated carbocycles. The Balaban J connectivity index is 1.81. The first-order valence-electron chi connectivity index (χ1n) is 10.5. The number of benzene rings is 2. The molecular formula is C23H19F3N4O8. The smallest absolute Gasteiger partial charge is 0.481 e. The van der Waals surface area contributed by atoms with Gasteiger partial charge in [-0.1, -0.05) is 11.2 Å². The van der Waals surface area contributed by atoms with E-state index in [-0.39, 0.29) is 28.5 Å². The summed E-state index contributed by atoms with van der Waals surface area (Å²) < 4.78 is 46.8. The molecule has 1 heterocycles. The van der Waals surface area contributed by atoms with Crippen LogP contribution >= 0.6 is 0 Å². The van der Waals surface area contributed by atoms with Gasteiger partial charge in [0.15, 0.2) is 5.96 Å². The summed E-state index contributed by atoms with van der Waals surface area (Å²) in [7, 11) is 0. The first kappa shape index (κ1) is 27.6. The largest absolute Gasteiger partial charge is 0.491 e. The molecule has 0 aromatic heterocycles. The van der Waals surface area contributed by atoms with E-state index in [1.807, 2.05) is 0 Å². The standard InChI is InChI=1S/C23H19F3N4O8/c1-11-2-7-14(36-18(33)12-3-5-13(6-4-12)29-21(27)28)8-15(11)16-9-22(38-30-16,10-17(31)32)19(34)37-20(35)23(24,25)26/h2-8H,9-10H2,1H3,(H,31,32)(H4,27,28,29). The number of nitrogens with zero attached hydrogens (tertiary/aromatic N) is 2. The third-order valence-electron chi connectivity index (χ3n) is 5.10. The number of rotatable bonds is 7. The molecule has 0 fully saturated rings. The van der Waals surface area contributed by atoms with Crippen LogP contribution in [0.15, 0.2) is 52.6 Å². The van der Waals surface area contributed by atoms with E-state index in [0.29, 0.717) is 11.3 Å². The second kappa shape index (κ2) is 10.6. The zero-order valence-corrected chi connectivity index (χ0v) is 19.4. The molecule has 0 bridgehead atoms. The number of carbonyl (C=O) groups is 4. The molecule has 0 amide bonds. The molecule has 38 heavy (non-hydrogen) atoms. The highest BCUT2D eigenvalue weighted by atomic mass is 19.4. The molecule has 12 nitrogen and oxygen atoms in total. The molecule has 1 unspecified atom stereocenters. The molecule has 15 heteroatoms. The van der Waals surface area contributed by atoms with Crippen molar-refractivity contribution in [1.29, 1.82) is 0 Å². The third kappa shape index (κ3) is 6.43. The van der Waals surface area contributed by atoms with Gasteiger partial charge in [0.05, 0.1) is 23.4 Å². The van der Waals surface area contributed by atoms with E-state index in [1.165, 1.54) is 42.5 Å². The Bertz CT molecular complexity index is 1350. The van der Waals surface area contributed by atoms with Crippen molar-refractivity contribution < 1.29 is 51.8 Å². The second-order valence-corrected chi connectivity index (χ2v) is 8.00. The van der Waals surface area contributed by atoms with E-state index in [1.54, 1.807) is 6.92 Å². The Kier molecular flexibility index (Phi) is 7.69. The Hall–Kier alpha value is -4.95. The van der Waals surface area contributed by atoms with Crippen LogP contribution in [0.2, 0.25) is 0 Å². The maximum Gasteiger partial charge on any atom is 0.491 e. The SMILES string of the molecule is Cc1ccc(OC(=O)c2ccc(N=C(N)N)cc2)cc1C1=NOC(CC(=O)O)(C(=O)OC(=O)C(F)(F)F)C1. The van der Waals surface area contributed by atoms with Crippen LogP contribution in [0.25, 0.3) is 0 Å². The van der Waals surface area contributed by atoms with E-state index < -0.39 is 48.5 Å². The number of oxime groups is 1. The highest BCUT2D eigenvalue weighted by Crippen LogP contribution is 2.34. The lowest BCUT2D eigenvalue weighted by Gasteiger charge is -2.22. The number of carbonyl (C=O) groups excluding carboxylic acids is 3. The van der Waals surface area contributed by atoms with Crippen molar-refractivity contribution in [3.8, 4) is 5.75 Å². The van der Waals surface area contributed by atoms with Crippen molar-refractivity contribution in [1.82, 2.24) is 0 Å². The van der Waals surface area contributed by atoms with Crippen molar-refractivity contribution in [3.05, 3.63) is 59.2 Å². The number of alkyl halides is 3. The van der Waals surface area contributed by atoms with Gasteiger partial charge in [-0.05, 0) is 48.9 Å². The van der Waals surface area contributed by atoms with Gasteiger partial charge in [0.2, 0.25) is 5.60 Å². The molecule has 5 N–H and O–H groups in total. The highest BCUT2D eigenvalue weighted by molar-refractivity contribution is 6.08. The van der Waals surface area contributed by atoms with Crippen LogP contribution in [0.5, 0.6) is 5.75 Å². The summed E-state index contributed by atoms with van der Waals surface area (Å²) in [6.07, 6.45) is -7.29. The maximum absolute atomic E-state index is 12.5. The number of hydrogen-bond acceptors (Lipinski definition) is 9. The number of halogens is 3. The summed E-state index contributed by atoms with van der Waals surface area (Å²) in [4.78, 5) is 56.2. The van der Waals surface area contributed by atoms with E-state index in [9.17, 15) is 37.5 Å². The average Bonchev–Trinajstić information content (AvgIpc) is 3.24. The van der Waals surface area contributed by atoms with Crippen LogP contribution in [-0.4, -0.2) is 52.4 Å². The molecule has 2 aromatic carbocycles. The zero-order chi connectivity index (χ0) is 28.3. The minimum Gasteiger partial charge on any atom is -0.481 e. The molecule has 1 atom stereocenters. The normalized spacial score (nSPS) is 16.6. The Morgan fingerprint density at radius 3 is 2.37 bits per heavy atom. The second-order valence-electron chi connectivity index (χ2n) is 8.00. The minimum atomic E-state index is -5.50. The first-order chi connectivity index (χ1) is 17.7. The minimum absolute atomic E-state index is 0.0251. The summed E-state index contributed by atoms with van der Waals surface area (Å²) in [6.45, 7) is 1.61. The van der Waals surface area contributed by atoms with E-state index in [4.69, 9.17) is 21.0 Å². The van der Waals surface area contributed by atoms with Crippen molar-refractivity contribution in [2.75, 3.05) is 0 Å². The average molecular weight is 536 g/mol. The number of nitrogens with two attached hydrogens (primary N) is 2. The van der Waals surface area contributed by atoms with Gasteiger partial charge in [-0.2, -0.15) is 13.2 Å². The molecule has 0 aliphatic carbocycles. The van der Waals surface area contributed by atoms with Crippen molar-refractivity contribution >= 4 is 41.2 Å². The Labute approximate surface area is 211 Å². The molecule has 200 valence electrons. The monoisotopic (exact) mass is 536 g/mol. The number of carboxylic acids is 1. The van der Waals surface area contributed by atoms with Crippen LogP contribution < -0.4 is 16.2 Å². The van der Waals surface area contributed by atoms with Gasteiger partial charge in [0.25, 0.3) is 0 Å². The van der Waals surface area contributed by atoms with Gasteiger partial charge in [0.1, 0.15) is 5.75 Å². The van der Waals surface area contributed by atoms with E-state index in [0.717, 1.165) is 0 Å². The Morgan fingerprint density at radius 1 is 1.13 bits per heavy atom. The number of aryl methyl sites for hydroxylation is 1. The number of esters is 3. The summed E-state index contributed by atoms with van der Waals surface area (Å²) >= 11 is 0. The molecule has 3 rings (SSSR count). The van der Waals surface area contributed by atoms with Gasteiger partial charge in [-0.15, -0.1) is 0 Å². The topological polar surface area (TPSA) is 193 Å². The summed E-state index contributed by atoms with van der Waals surface area (Å²) in [5, 5.41) is 12.8. The molecule has 1 aliphatic rings. The lowest BCUT2D eigenvalue weighted by atomic mass is 9.89. The molecular weight excluding hydrogens is 517 g/mol. The fourth-order valence-corrected chi connectivity index (χ4v) is 3.34. The summed E-state index contributed by atoms with van der Waals surface area (Å²) in [5.41, 5.74) is 9.32. The Morgan fingerprint density at radius 2 is 1.79 bits per heavy atom. The van der Waals surface area contributed by atoms with Crippen LogP contribution in [0.1, 0.15) is 34.3 Å². The number of ether oxygens (including phenoxy) is 2. The van der Waals surface area contributed by atoms with Gasteiger partial charge >= 0.3 is 30.1 Å². The lowest BCUT2D eigenvalue weighted by Crippen LogP contribution is -2.45. The van der Waals surface area contributed by atoms with Crippen LogP contribution in [0.4, 0.5) is 18.9 Å². The van der Waals surface area contributed by atoms with Crippen molar-refractivity contribution in [3.63, 3.8) is 0 Å². The first-order valence-corrected chi connectivity index (χ1v) is 10.5. The van der Waals surface area contributed by atoms with Gasteiger partial charge in [0, 0.05) is 12.0 Å². The quantitative estimate of drug-likeness (QED) is 0.155. The number of aliphatic carboxylic acids is 1. The molecule has 0 spiro atoms. The van der Waals surface area contributed by atoms with E-state index in [2.05, 4.69) is 14.9 Å².